The van der Waals surface area contributed by atoms with Crippen molar-refractivity contribution in [1.82, 2.24) is 9.88 Å². The summed E-state index contributed by atoms with van der Waals surface area (Å²) in [5.41, 5.74) is 8.71. The number of rotatable bonds is 4. The zero-order valence-electron chi connectivity index (χ0n) is 26.0. The van der Waals surface area contributed by atoms with E-state index in [1.165, 1.54) is 27.1 Å². The average molecular weight is 620 g/mol. The molecule has 0 spiro atoms. The number of nitrogens with zero attached hydrogens (tertiary/aromatic N) is 2. The van der Waals surface area contributed by atoms with Crippen molar-refractivity contribution in [2.24, 2.45) is 4.99 Å². The summed E-state index contributed by atoms with van der Waals surface area (Å²) in [5.74, 6) is 1.00. The molecular formula is C43H31N4O+. The summed E-state index contributed by atoms with van der Waals surface area (Å²) in [7, 11) is 0. The molecule has 0 saturated carbocycles. The maximum Gasteiger partial charge on any atom is 0.230 e. The van der Waals surface area contributed by atoms with Gasteiger partial charge in [0.15, 0.2) is 6.17 Å². The van der Waals surface area contributed by atoms with E-state index in [-0.39, 0.29) is 12.3 Å². The van der Waals surface area contributed by atoms with Crippen LogP contribution in [0.5, 0.6) is 0 Å². The summed E-state index contributed by atoms with van der Waals surface area (Å²) in [6, 6.07) is 55.7. The molecule has 0 radical (unpaired) electrons. The lowest BCUT2D eigenvalue weighted by molar-refractivity contribution is -0.600. The van der Waals surface area contributed by atoms with Crippen molar-refractivity contribution in [2.45, 2.75) is 12.3 Å². The zero-order chi connectivity index (χ0) is 31.6. The largest absolute Gasteiger partial charge is 0.455 e. The third kappa shape index (κ3) is 4.15. The highest BCUT2D eigenvalue weighted by atomic mass is 16.3. The number of hydrogen-bond donors (Lipinski definition) is 2. The maximum absolute atomic E-state index is 6.68. The van der Waals surface area contributed by atoms with Gasteiger partial charge in [0.2, 0.25) is 5.84 Å². The van der Waals surface area contributed by atoms with Gasteiger partial charge in [-0.15, -0.1) is 0 Å². The fourth-order valence-corrected chi connectivity index (χ4v) is 7.59. The number of nitrogens with one attached hydrogen (secondary N) is 1. The Bertz CT molecular complexity index is 2670. The van der Waals surface area contributed by atoms with Crippen LogP contribution in [0.2, 0.25) is 0 Å². The SMILES string of the molecule is c1ccc(C2=NC(c3ccc(-n4c5ccccc5c5c6oc7ccccc7c6c6ccccc6c54)cc3)NC(c3ccccc3)[NH2+]2)cc1. The van der Waals surface area contributed by atoms with Gasteiger partial charge >= 0.3 is 0 Å². The fraction of sp³-hybridized carbons (Fsp3) is 0.0465. The molecule has 5 heteroatoms. The van der Waals surface area contributed by atoms with Crippen molar-refractivity contribution >= 4 is 60.4 Å². The molecule has 5 nitrogen and oxygen atoms in total. The number of aromatic nitrogens is 1. The monoisotopic (exact) mass is 619 g/mol. The molecule has 2 unspecified atom stereocenters. The van der Waals surface area contributed by atoms with Gasteiger partial charge in [-0.2, -0.15) is 0 Å². The predicted molar refractivity (Wildman–Crippen MR) is 196 cm³/mol. The van der Waals surface area contributed by atoms with Gasteiger partial charge < -0.3 is 8.98 Å². The number of aliphatic imine (C=N–C) groups is 1. The second-order valence-electron chi connectivity index (χ2n) is 12.5. The molecule has 2 aromatic heterocycles. The smallest absolute Gasteiger partial charge is 0.230 e. The normalized spacial score (nSPS) is 16.7. The molecule has 10 rings (SSSR count). The summed E-state index contributed by atoms with van der Waals surface area (Å²) in [5, 5.41) is 13.1. The highest BCUT2D eigenvalue weighted by Crippen LogP contribution is 2.45. The van der Waals surface area contributed by atoms with Crippen molar-refractivity contribution in [3.05, 3.63) is 174 Å². The summed E-state index contributed by atoms with van der Waals surface area (Å²) >= 11 is 0. The minimum absolute atomic E-state index is 0.0403. The van der Waals surface area contributed by atoms with Crippen LogP contribution < -0.4 is 10.6 Å². The van der Waals surface area contributed by atoms with Gasteiger partial charge in [-0.1, -0.05) is 121 Å². The highest BCUT2D eigenvalue weighted by molar-refractivity contribution is 6.35. The van der Waals surface area contributed by atoms with Crippen molar-refractivity contribution < 1.29 is 9.73 Å². The van der Waals surface area contributed by atoms with E-state index in [9.17, 15) is 0 Å². The van der Waals surface area contributed by atoms with E-state index in [4.69, 9.17) is 9.41 Å². The van der Waals surface area contributed by atoms with E-state index in [0.717, 1.165) is 55.6 Å². The highest BCUT2D eigenvalue weighted by Gasteiger charge is 2.29. The first-order valence-corrected chi connectivity index (χ1v) is 16.5. The number of hydrogen-bond acceptors (Lipinski definition) is 3. The van der Waals surface area contributed by atoms with E-state index in [1.54, 1.807) is 0 Å². The van der Waals surface area contributed by atoms with Crippen LogP contribution in [-0.2, 0) is 0 Å². The van der Waals surface area contributed by atoms with E-state index in [0.29, 0.717) is 0 Å². The van der Waals surface area contributed by atoms with Crippen LogP contribution in [-0.4, -0.2) is 10.4 Å². The lowest BCUT2D eigenvalue weighted by atomic mass is 9.99. The Morgan fingerprint density at radius 1 is 0.562 bits per heavy atom. The van der Waals surface area contributed by atoms with Crippen LogP contribution in [0.25, 0.3) is 60.2 Å². The van der Waals surface area contributed by atoms with Gasteiger partial charge in [-0.3, -0.25) is 5.32 Å². The van der Waals surface area contributed by atoms with E-state index in [1.807, 2.05) is 12.1 Å². The molecule has 0 fully saturated rings. The average Bonchev–Trinajstić information content (AvgIpc) is 3.72. The number of fused-ring (bicyclic) bond motifs is 10. The van der Waals surface area contributed by atoms with E-state index < -0.39 is 0 Å². The topological polar surface area (TPSA) is 59.1 Å². The van der Waals surface area contributed by atoms with Crippen molar-refractivity contribution in [3.8, 4) is 5.69 Å². The van der Waals surface area contributed by atoms with Crippen LogP contribution in [0.1, 0.15) is 29.0 Å². The van der Waals surface area contributed by atoms with Gasteiger partial charge in [0.1, 0.15) is 17.3 Å². The molecule has 0 saturated heterocycles. The molecule has 9 aromatic rings. The Kier molecular flexibility index (Phi) is 6.09. The van der Waals surface area contributed by atoms with Crippen LogP contribution in [0, 0.1) is 0 Å². The Balaban J connectivity index is 1.16. The maximum atomic E-state index is 6.68. The Hall–Kier alpha value is -6.01. The number of nitrogens with two attached hydrogens (primary N) is 1. The molecular weight excluding hydrogens is 589 g/mol. The van der Waals surface area contributed by atoms with Gasteiger partial charge in [0, 0.05) is 32.8 Å². The first kappa shape index (κ1) is 27.1. The number of benzene rings is 7. The summed E-state index contributed by atoms with van der Waals surface area (Å²) in [4.78, 5) is 5.22. The van der Waals surface area contributed by atoms with Crippen molar-refractivity contribution in [2.75, 3.05) is 0 Å². The molecule has 7 aromatic carbocycles. The predicted octanol–water partition coefficient (Wildman–Crippen LogP) is 9.15. The molecule has 3 heterocycles. The standard InChI is InChI=1S/C43H30N4O/c1-3-13-27(14-4-1)41-44-42(28-15-5-2-6-16-28)46-43(45-41)29-23-25-30(26-24-29)47-35-21-11-9-19-33(35)38-39(47)32-18-8-7-17-31(32)37-34-20-10-12-22-36(34)48-40(37)38/h1-26,41,43,45H,(H,44,46)/p+1. The van der Waals surface area contributed by atoms with Crippen molar-refractivity contribution in [3.63, 3.8) is 0 Å². The summed E-state index contributed by atoms with van der Waals surface area (Å²) in [6.45, 7) is 0. The van der Waals surface area contributed by atoms with Gasteiger partial charge in [-0.05, 0) is 47.3 Å². The van der Waals surface area contributed by atoms with Crippen LogP contribution >= 0.6 is 0 Å². The Morgan fingerprint density at radius 3 is 2.00 bits per heavy atom. The summed E-state index contributed by atoms with van der Waals surface area (Å²) in [6.07, 6.45) is -0.155. The molecule has 0 amide bonds. The van der Waals surface area contributed by atoms with Gasteiger partial charge in [0.05, 0.1) is 22.0 Å². The van der Waals surface area contributed by atoms with Crippen molar-refractivity contribution in [1.29, 1.82) is 0 Å². The van der Waals surface area contributed by atoms with Gasteiger partial charge in [0.25, 0.3) is 0 Å². The third-order valence-corrected chi connectivity index (χ3v) is 9.77. The number of quaternary nitrogens is 1. The van der Waals surface area contributed by atoms with Gasteiger partial charge in [-0.25, -0.2) is 10.3 Å². The molecule has 3 N–H and O–H groups in total. The van der Waals surface area contributed by atoms with Crippen LogP contribution in [0.3, 0.4) is 0 Å². The number of amidine groups is 1. The van der Waals surface area contributed by atoms with E-state index in [2.05, 4.69) is 161 Å². The molecule has 0 bridgehead atoms. The minimum Gasteiger partial charge on any atom is -0.455 e. The molecule has 0 aliphatic carbocycles. The molecule has 2 atom stereocenters. The minimum atomic E-state index is -0.196. The summed E-state index contributed by atoms with van der Waals surface area (Å²) < 4.78 is 9.08. The molecule has 228 valence electrons. The van der Waals surface area contributed by atoms with E-state index >= 15 is 0 Å². The first-order chi connectivity index (χ1) is 23.8. The lowest BCUT2D eigenvalue weighted by Crippen LogP contribution is -2.93. The first-order valence-electron chi connectivity index (χ1n) is 16.5. The van der Waals surface area contributed by atoms with Crippen LogP contribution in [0.15, 0.2) is 167 Å². The number of furan rings is 1. The molecule has 1 aliphatic rings. The lowest BCUT2D eigenvalue weighted by Gasteiger charge is -2.28. The fourth-order valence-electron chi connectivity index (χ4n) is 7.59. The zero-order valence-corrected chi connectivity index (χ0v) is 26.0. The molecule has 1 aliphatic heterocycles. The molecule has 48 heavy (non-hydrogen) atoms. The second kappa shape index (κ2) is 10.8. The second-order valence-corrected chi connectivity index (χ2v) is 12.5. The Labute approximate surface area is 276 Å². The van der Waals surface area contributed by atoms with Crippen LogP contribution in [0.4, 0.5) is 0 Å². The number of para-hydroxylation sites is 2. The Morgan fingerprint density at radius 2 is 1.21 bits per heavy atom. The third-order valence-electron chi connectivity index (χ3n) is 9.77. The quantitative estimate of drug-likeness (QED) is 0.206.